The van der Waals surface area contributed by atoms with E-state index in [0.717, 1.165) is 37.0 Å². The second-order valence-electron chi connectivity index (χ2n) is 5.74. The van der Waals surface area contributed by atoms with Crippen LogP contribution in [0.5, 0.6) is 5.75 Å². The maximum Gasteiger partial charge on any atom is 0.220 e. The number of hydrogen-bond acceptors (Lipinski definition) is 3. The van der Waals surface area contributed by atoms with Gasteiger partial charge >= 0.3 is 0 Å². The smallest absolute Gasteiger partial charge is 0.220 e. The van der Waals surface area contributed by atoms with Crippen molar-refractivity contribution in [3.8, 4) is 5.75 Å². The van der Waals surface area contributed by atoms with Crippen LogP contribution in [-0.2, 0) is 4.79 Å². The highest BCUT2D eigenvalue weighted by atomic mass is 16.5. The van der Waals surface area contributed by atoms with E-state index in [9.17, 15) is 9.90 Å². The Morgan fingerprint density at radius 1 is 1.33 bits per heavy atom. The van der Waals surface area contributed by atoms with Crippen LogP contribution < -0.4 is 10.1 Å². The topological polar surface area (TPSA) is 58.6 Å². The number of aryl methyl sites for hydroxylation is 1. The molecule has 1 aromatic carbocycles. The monoisotopic (exact) mass is 291 g/mol. The number of aliphatic hydroxyl groups is 1. The molecule has 1 aliphatic rings. The van der Waals surface area contributed by atoms with Gasteiger partial charge in [0.05, 0.1) is 18.8 Å². The molecule has 0 saturated heterocycles. The molecule has 1 fully saturated rings. The van der Waals surface area contributed by atoms with Crippen LogP contribution in [0.2, 0.25) is 0 Å². The molecule has 1 aromatic rings. The molecule has 0 aliphatic heterocycles. The summed E-state index contributed by atoms with van der Waals surface area (Å²) in [5, 5.41) is 12.8. The molecule has 2 atom stereocenters. The predicted octanol–water partition coefficient (Wildman–Crippen LogP) is 2.57. The summed E-state index contributed by atoms with van der Waals surface area (Å²) >= 11 is 0. The Morgan fingerprint density at radius 2 is 2.10 bits per heavy atom. The van der Waals surface area contributed by atoms with Crippen molar-refractivity contribution in [2.24, 2.45) is 0 Å². The normalized spacial score (nSPS) is 21.8. The molecule has 0 bridgehead atoms. The Kier molecular flexibility index (Phi) is 6.05. The standard InChI is InChI=1S/C17H25NO3/c1-13-7-2-5-10-16(13)21-12-6-11-17(20)18-14-8-3-4-9-15(14)19/h2,5,7,10,14-15,19H,3-4,6,8-9,11-12H2,1H3,(H,18,20). The van der Waals surface area contributed by atoms with Crippen LogP contribution in [0.3, 0.4) is 0 Å². The van der Waals surface area contributed by atoms with Crippen molar-refractivity contribution in [3.05, 3.63) is 29.8 Å². The fraction of sp³-hybridized carbons (Fsp3) is 0.588. The van der Waals surface area contributed by atoms with E-state index in [1.54, 1.807) is 0 Å². The van der Waals surface area contributed by atoms with E-state index in [0.29, 0.717) is 19.4 Å². The Morgan fingerprint density at radius 3 is 2.86 bits per heavy atom. The minimum atomic E-state index is -0.383. The molecule has 0 spiro atoms. The second-order valence-corrected chi connectivity index (χ2v) is 5.74. The van der Waals surface area contributed by atoms with Crippen molar-refractivity contribution in [3.63, 3.8) is 0 Å². The first kappa shape index (κ1) is 15.8. The average molecular weight is 291 g/mol. The Hall–Kier alpha value is -1.55. The zero-order valence-corrected chi connectivity index (χ0v) is 12.7. The lowest BCUT2D eigenvalue weighted by Gasteiger charge is -2.28. The maximum atomic E-state index is 11.9. The van der Waals surface area contributed by atoms with E-state index in [-0.39, 0.29) is 18.1 Å². The van der Waals surface area contributed by atoms with Gasteiger partial charge in [-0.25, -0.2) is 0 Å². The van der Waals surface area contributed by atoms with Gasteiger partial charge in [0, 0.05) is 6.42 Å². The maximum absolute atomic E-state index is 11.9. The number of ether oxygens (including phenoxy) is 1. The van der Waals surface area contributed by atoms with Crippen LogP contribution in [0, 0.1) is 6.92 Å². The summed E-state index contributed by atoms with van der Waals surface area (Å²) in [5.74, 6) is 0.884. The third kappa shape index (κ3) is 5.05. The number of hydrogen-bond donors (Lipinski definition) is 2. The highest BCUT2D eigenvalue weighted by Crippen LogP contribution is 2.19. The fourth-order valence-electron chi connectivity index (χ4n) is 2.69. The minimum Gasteiger partial charge on any atom is -0.493 e. The molecule has 0 radical (unpaired) electrons. The highest BCUT2D eigenvalue weighted by molar-refractivity contribution is 5.76. The van der Waals surface area contributed by atoms with E-state index < -0.39 is 0 Å². The quantitative estimate of drug-likeness (QED) is 0.792. The molecule has 21 heavy (non-hydrogen) atoms. The Labute approximate surface area is 126 Å². The zero-order valence-electron chi connectivity index (χ0n) is 12.7. The summed E-state index contributed by atoms with van der Waals surface area (Å²) in [7, 11) is 0. The van der Waals surface area contributed by atoms with Gasteiger partial charge in [0.1, 0.15) is 5.75 Å². The fourth-order valence-corrected chi connectivity index (χ4v) is 2.69. The first-order chi connectivity index (χ1) is 10.2. The number of carbonyl (C=O) groups excluding carboxylic acids is 1. The van der Waals surface area contributed by atoms with Crippen LogP contribution in [0.15, 0.2) is 24.3 Å². The Bertz CT molecular complexity index is 461. The van der Waals surface area contributed by atoms with Crippen LogP contribution in [0.4, 0.5) is 0 Å². The molecule has 4 heteroatoms. The predicted molar refractivity (Wildman–Crippen MR) is 82.3 cm³/mol. The summed E-state index contributed by atoms with van der Waals surface area (Å²) in [4.78, 5) is 11.9. The number of para-hydroxylation sites is 1. The van der Waals surface area contributed by atoms with Gasteiger partial charge < -0.3 is 15.2 Å². The number of amides is 1. The Balaban J connectivity index is 1.64. The van der Waals surface area contributed by atoms with Crippen LogP contribution in [-0.4, -0.2) is 29.8 Å². The third-order valence-corrected chi connectivity index (χ3v) is 3.98. The number of nitrogens with one attached hydrogen (secondary N) is 1. The van der Waals surface area contributed by atoms with Gasteiger partial charge in [-0.15, -0.1) is 0 Å². The molecule has 116 valence electrons. The van der Waals surface area contributed by atoms with Crippen LogP contribution >= 0.6 is 0 Å². The van der Waals surface area contributed by atoms with Crippen LogP contribution in [0.1, 0.15) is 44.1 Å². The molecular formula is C17H25NO3. The summed E-state index contributed by atoms with van der Waals surface area (Å²) in [6, 6.07) is 7.80. The van der Waals surface area contributed by atoms with E-state index in [2.05, 4.69) is 5.32 Å². The molecular weight excluding hydrogens is 266 g/mol. The largest absolute Gasteiger partial charge is 0.493 e. The molecule has 0 heterocycles. The number of carbonyl (C=O) groups is 1. The van der Waals surface area contributed by atoms with Gasteiger partial charge in [-0.2, -0.15) is 0 Å². The SMILES string of the molecule is Cc1ccccc1OCCCC(=O)NC1CCCCC1O. The van der Waals surface area contributed by atoms with Crippen molar-refractivity contribution in [1.29, 1.82) is 0 Å². The lowest BCUT2D eigenvalue weighted by atomic mass is 9.92. The van der Waals surface area contributed by atoms with Crippen LogP contribution in [0.25, 0.3) is 0 Å². The molecule has 1 saturated carbocycles. The minimum absolute atomic E-state index is 0.00864. The number of aliphatic hydroxyl groups excluding tert-OH is 1. The van der Waals surface area contributed by atoms with E-state index in [1.165, 1.54) is 0 Å². The van der Waals surface area contributed by atoms with E-state index in [4.69, 9.17) is 4.74 Å². The number of rotatable bonds is 6. The molecule has 0 aromatic heterocycles. The molecule has 4 nitrogen and oxygen atoms in total. The summed E-state index contributed by atoms with van der Waals surface area (Å²) in [6.45, 7) is 2.54. The molecule has 2 rings (SSSR count). The lowest BCUT2D eigenvalue weighted by Crippen LogP contribution is -2.45. The average Bonchev–Trinajstić information content (AvgIpc) is 2.48. The summed E-state index contributed by atoms with van der Waals surface area (Å²) < 4.78 is 5.67. The lowest BCUT2D eigenvalue weighted by molar-refractivity contribution is -0.123. The highest BCUT2D eigenvalue weighted by Gasteiger charge is 2.24. The summed E-state index contributed by atoms with van der Waals surface area (Å²) in [5.41, 5.74) is 1.10. The van der Waals surface area contributed by atoms with Crippen molar-refractivity contribution < 1.29 is 14.6 Å². The summed E-state index contributed by atoms with van der Waals surface area (Å²) in [6.07, 6.45) is 4.55. The first-order valence-corrected chi connectivity index (χ1v) is 7.82. The van der Waals surface area contributed by atoms with Gasteiger partial charge in [-0.1, -0.05) is 31.0 Å². The van der Waals surface area contributed by atoms with Crippen molar-refractivity contribution >= 4 is 5.91 Å². The van der Waals surface area contributed by atoms with Crippen molar-refractivity contribution in [2.75, 3.05) is 6.61 Å². The first-order valence-electron chi connectivity index (χ1n) is 7.82. The molecule has 2 unspecified atom stereocenters. The van der Waals surface area contributed by atoms with Crippen molar-refractivity contribution in [1.82, 2.24) is 5.32 Å². The van der Waals surface area contributed by atoms with Gasteiger partial charge in [-0.3, -0.25) is 4.79 Å². The number of benzene rings is 1. The third-order valence-electron chi connectivity index (χ3n) is 3.98. The van der Waals surface area contributed by atoms with Gasteiger partial charge in [0.15, 0.2) is 0 Å². The van der Waals surface area contributed by atoms with Crippen molar-refractivity contribution in [2.45, 2.75) is 57.6 Å². The van der Waals surface area contributed by atoms with E-state index >= 15 is 0 Å². The molecule has 1 amide bonds. The zero-order chi connectivity index (χ0) is 15.1. The molecule has 2 N–H and O–H groups in total. The van der Waals surface area contributed by atoms with Gasteiger partial charge in [0.2, 0.25) is 5.91 Å². The van der Waals surface area contributed by atoms with Gasteiger partial charge in [-0.05, 0) is 37.8 Å². The van der Waals surface area contributed by atoms with E-state index in [1.807, 2.05) is 31.2 Å². The molecule has 1 aliphatic carbocycles. The second kappa shape index (κ2) is 8.03. The van der Waals surface area contributed by atoms with Gasteiger partial charge in [0.25, 0.3) is 0 Å².